The number of hydrogen-bond donors (Lipinski definition) is 0. The number of likely N-dealkylation sites (tertiary alicyclic amines) is 1. The quantitative estimate of drug-likeness (QED) is 0.0180. The monoisotopic (exact) mass is 1620 g/mol. The fraction of sp³-hybridized carbons (Fsp3) is 0.250. The predicted molar refractivity (Wildman–Crippen MR) is 478 cm³/mol. The number of aromatic nitrogens is 2. The molecule has 0 saturated carbocycles. The lowest BCUT2D eigenvalue weighted by atomic mass is 9.97. The molecule has 120 heavy (non-hydrogen) atoms. The number of nitrogens with zero attached hydrogens (tertiary/aromatic N) is 7. The highest BCUT2D eigenvalue weighted by molar-refractivity contribution is 7.99. The smallest absolute Gasteiger partial charge is 0.365 e. The van der Waals surface area contributed by atoms with Crippen molar-refractivity contribution in [2.75, 3.05) is 19.7 Å². The third kappa shape index (κ3) is 20.7. The fourth-order valence-electron chi connectivity index (χ4n) is 14.8. The van der Waals surface area contributed by atoms with E-state index in [1.807, 2.05) is 229 Å². The van der Waals surface area contributed by atoms with Gasteiger partial charge in [0.15, 0.2) is 11.6 Å². The molecule has 1 saturated heterocycles. The minimum absolute atomic E-state index is 0.0150. The summed E-state index contributed by atoms with van der Waals surface area (Å²) in [4.78, 5) is 111. The van der Waals surface area contributed by atoms with Gasteiger partial charge in [-0.3, -0.25) is 19.3 Å². The van der Waals surface area contributed by atoms with E-state index in [0.717, 1.165) is 162 Å². The van der Waals surface area contributed by atoms with Gasteiger partial charge in [-0.2, -0.15) is 0 Å². The van der Waals surface area contributed by atoms with Crippen LogP contribution in [0.4, 0.5) is 0 Å². The second kappa shape index (κ2) is 40.4. The topological polar surface area (TPSA) is 228 Å². The largest absolute Gasteiger partial charge is 0.486 e. The maximum Gasteiger partial charge on any atom is 0.365 e. The predicted octanol–water partition coefficient (Wildman–Crippen LogP) is 22.2. The van der Waals surface area contributed by atoms with Crippen LogP contribution < -0.4 is 4.74 Å². The molecule has 15 rings (SSSR count). The Morgan fingerprint density at radius 2 is 0.917 bits per heavy atom. The van der Waals surface area contributed by atoms with Crippen molar-refractivity contribution in [1.82, 2.24) is 14.0 Å². The number of ketones is 3. The van der Waals surface area contributed by atoms with Crippen LogP contribution in [0.25, 0.3) is 54.4 Å². The van der Waals surface area contributed by atoms with Crippen molar-refractivity contribution in [1.29, 1.82) is 0 Å². The number of ether oxygens (including phenoxy) is 1. The van der Waals surface area contributed by atoms with Gasteiger partial charge in [0.1, 0.15) is 29.3 Å². The minimum Gasteiger partial charge on any atom is -0.486 e. The zero-order valence-corrected chi connectivity index (χ0v) is 70.5. The second-order valence-corrected chi connectivity index (χ2v) is 31.2. The SMILES string of the molecule is CC(=O)O/N=C1\COc2ccc3ccccc3c21.CCCCCC/C(=N/OC(=O)c1ccccc1)C(=O)c1ccc(Sc2ccccc2)cc1.CCn1c2ccc(C(=O)c3ccccc3C)cc2c2cc(/C(C)=N/OC(=O)C(C)(C)N3CCCCC3)ccc21.CCn1c2ccc(C(=O)c3ccccc3C)cc2c2cc(/C(C)=N/OC(C)=O)ccc21. The number of unbranched alkanes of at least 4 members (excludes halogenated alkanes) is 3. The molecule has 13 aromatic rings. The molecule has 0 bridgehead atoms. The van der Waals surface area contributed by atoms with E-state index in [9.17, 15) is 33.6 Å². The van der Waals surface area contributed by atoms with Crippen molar-refractivity contribution in [3.63, 3.8) is 0 Å². The van der Waals surface area contributed by atoms with Gasteiger partial charge in [-0.15, -0.1) is 0 Å². The molecule has 1 fully saturated rings. The van der Waals surface area contributed by atoms with Gasteiger partial charge in [-0.05, 0) is 242 Å². The third-order valence-corrected chi connectivity index (χ3v) is 22.4. The summed E-state index contributed by atoms with van der Waals surface area (Å²) in [6, 6.07) is 77.4. The molecule has 0 N–H and O–H groups in total. The number of aryl methyl sites for hydroxylation is 4. The first-order valence-corrected chi connectivity index (χ1v) is 41.5. The Hall–Kier alpha value is -13.0. The highest BCUT2D eigenvalue weighted by Gasteiger charge is 2.37. The lowest BCUT2D eigenvalue weighted by molar-refractivity contribution is -0.157. The van der Waals surface area contributed by atoms with Crippen molar-refractivity contribution >= 4 is 130 Å². The Balaban J connectivity index is 0.000000151. The van der Waals surface area contributed by atoms with Crippen LogP contribution in [0.2, 0.25) is 0 Å². The molecule has 0 spiro atoms. The van der Waals surface area contributed by atoms with Crippen molar-refractivity contribution in [2.45, 2.75) is 156 Å². The molecule has 2 aromatic heterocycles. The van der Waals surface area contributed by atoms with Crippen LogP contribution in [0, 0.1) is 13.8 Å². The van der Waals surface area contributed by atoms with Crippen LogP contribution in [0.15, 0.2) is 273 Å². The first-order chi connectivity index (χ1) is 58.0. The van der Waals surface area contributed by atoms with Crippen LogP contribution in [0.5, 0.6) is 5.75 Å². The molecule has 0 atom stereocenters. The summed E-state index contributed by atoms with van der Waals surface area (Å²) in [7, 11) is 0. The molecule has 4 heterocycles. The summed E-state index contributed by atoms with van der Waals surface area (Å²) in [5.41, 5.74) is 14.0. The normalized spacial score (nSPS) is 13.3. The minimum atomic E-state index is -0.719. The van der Waals surface area contributed by atoms with E-state index in [0.29, 0.717) is 63.5 Å². The molecule has 612 valence electrons. The van der Waals surface area contributed by atoms with Gasteiger partial charge in [0, 0.05) is 108 Å². The number of Topliss-reactive ketones (excluding diaryl/α,β-unsaturated/α-hetero) is 1. The van der Waals surface area contributed by atoms with Gasteiger partial charge >= 0.3 is 23.9 Å². The second-order valence-electron chi connectivity index (χ2n) is 30.1. The number of rotatable bonds is 24. The summed E-state index contributed by atoms with van der Waals surface area (Å²) in [6.07, 6.45) is 7.90. The van der Waals surface area contributed by atoms with Crippen LogP contribution >= 0.6 is 11.8 Å². The molecule has 2 aliphatic heterocycles. The highest BCUT2D eigenvalue weighted by Crippen LogP contribution is 2.37. The molecular weight excluding hydrogens is 1520 g/mol. The Kier molecular flexibility index (Phi) is 29.1. The first kappa shape index (κ1) is 86.3. The van der Waals surface area contributed by atoms with Crippen LogP contribution in [-0.2, 0) is 46.8 Å². The zero-order valence-electron chi connectivity index (χ0n) is 69.7. The van der Waals surface area contributed by atoms with Gasteiger partial charge in [0.05, 0.1) is 22.6 Å². The van der Waals surface area contributed by atoms with Crippen molar-refractivity contribution < 1.29 is 57.6 Å². The van der Waals surface area contributed by atoms with Crippen LogP contribution in [0.3, 0.4) is 0 Å². The number of hydrogen-bond acceptors (Lipinski definition) is 18. The Bertz CT molecular complexity index is 6090. The van der Waals surface area contributed by atoms with E-state index in [2.05, 4.69) is 67.6 Å². The van der Waals surface area contributed by atoms with Crippen molar-refractivity contribution in [3.8, 4) is 5.75 Å². The van der Waals surface area contributed by atoms with E-state index < -0.39 is 23.4 Å². The molecule has 2 aliphatic rings. The zero-order chi connectivity index (χ0) is 85.0. The molecule has 0 aliphatic carbocycles. The number of carbonyl (C=O) groups is 7. The van der Waals surface area contributed by atoms with Gasteiger partial charge < -0.3 is 33.2 Å². The van der Waals surface area contributed by atoms with E-state index in [1.54, 1.807) is 55.1 Å². The lowest BCUT2D eigenvalue weighted by Gasteiger charge is -2.38. The summed E-state index contributed by atoms with van der Waals surface area (Å²) < 4.78 is 10.0. The molecular formula is C100H99N7O12S. The Labute approximate surface area is 703 Å². The van der Waals surface area contributed by atoms with E-state index in [4.69, 9.17) is 24.1 Å². The maximum atomic E-state index is 13.4. The molecule has 11 aromatic carbocycles. The molecule has 0 unspecified atom stereocenters. The van der Waals surface area contributed by atoms with Crippen LogP contribution in [-0.4, -0.2) is 103 Å². The van der Waals surface area contributed by atoms with Crippen LogP contribution in [0.1, 0.15) is 194 Å². The molecule has 19 nitrogen and oxygen atoms in total. The van der Waals surface area contributed by atoms with E-state index in [1.165, 1.54) is 20.3 Å². The summed E-state index contributed by atoms with van der Waals surface area (Å²) in [5, 5.41) is 22.3. The van der Waals surface area contributed by atoms with E-state index >= 15 is 0 Å². The fourth-order valence-corrected chi connectivity index (χ4v) is 15.7. The first-order valence-electron chi connectivity index (χ1n) is 40.7. The Morgan fingerprint density at radius 1 is 0.442 bits per heavy atom. The average molecular weight is 1620 g/mol. The summed E-state index contributed by atoms with van der Waals surface area (Å²) in [5.74, 6) is -1.20. The van der Waals surface area contributed by atoms with Gasteiger partial charge in [-0.1, -0.05) is 192 Å². The summed E-state index contributed by atoms with van der Waals surface area (Å²) in [6.45, 7) is 24.1. The number of oxime groups is 4. The summed E-state index contributed by atoms with van der Waals surface area (Å²) >= 11 is 1.64. The lowest BCUT2D eigenvalue weighted by Crippen LogP contribution is -2.52. The number of benzene rings is 11. The number of piperidine rings is 1. The molecule has 20 heteroatoms. The van der Waals surface area contributed by atoms with E-state index in [-0.39, 0.29) is 29.0 Å². The Morgan fingerprint density at radius 3 is 1.44 bits per heavy atom. The van der Waals surface area contributed by atoms with Crippen molar-refractivity contribution in [2.24, 2.45) is 20.6 Å². The standard InChI is InChI=1S/C33H37N3O3.C27H27NO3S.C26H24N2O3.C14H11NO3/c1-6-36-29-16-14-24(23(3)34-39-32(38)33(4,5)35-18-10-7-11-19-35)20-27(29)28-21-25(15-17-30(28)36)31(37)26-13-9-8-12-22(26)2;1-2-3-4-11-16-25(28-31-27(30)22-12-7-5-8-13-22)26(29)21-17-19-24(20-18-21)32-23-14-9-6-10-15-23;1-5-28-24-12-10-19(17(3)27-31-18(4)29)14-22(24)23-15-20(11-13-25(23)28)26(30)21-9-7-6-8-16(21)2;1-9(16)18-15-12-8-17-13-7-6-10-4-2-3-5-11(10)14(12)13/h8-9,12-17,20-21H,6-7,10-11,18-19H2,1-5H3;5-10,12-15,17-20H,2-4,11,16H2,1H3;6-15H,5H2,1-4H3;2-7H,8H2,1H3/b34-23+;28-25-;27-17+;15-12+. The molecule has 0 radical (unpaired) electrons. The van der Waals surface area contributed by atoms with Crippen molar-refractivity contribution in [3.05, 3.63) is 304 Å². The maximum absolute atomic E-state index is 13.4. The van der Waals surface area contributed by atoms with Gasteiger partial charge in [-0.25, -0.2) is 19.2 Å². The van der Waals surface area contributed by atoms with Gasteiger partial charge in [0.2, 0.25) is 5.78 Å². The van der Waals surface area contributed by atoms with Gasteiger partial charge in [0.25, 0.3) is 0 Å². The third-order valence-electron chi connectivity index (χ3n) is 21.4. The average Bonchev–Trinajstić information content (AvgIpc) is 1.60. The number of fused-ring (bicyclic) bond motifs is 9. The highest BCUT2D eigenvalue weighted by atomic mass is 32.2. The molecule has 0 amide bonds. The number of carbonyl (C=O) groups excluding carboxylic acids is 7.